The fourth-order valence-corrected chi connectivity index (χ4v) is 4.08. The van der Waals surface area contributed by atoms with Crippen molar-refractivity contribution in [2.45, 2.75) is 59.1 Å². The highest BCUT2D eigenvalue weighted by Crippen LogP contribution is 2.38. The molecule has 2 heterocycles. The molecule has 3 nitrogen and oxygen atoms in total. The summed E-state index contributed by atoms with van der Waals surface area (Å²) in [6.45, 7) is 11.5. The van der Waals surface area contributed by atoms with Gasteiger partial charge < -0.3 is 4.57 Å². The van der Waals surface area contributed by atoms with Gasteiger partial charge in [0.1, 0.15) is 5.82 Å². The molecule has 31 heavy (non-hydrogen) atoms. The van der Waals surface area contributed by atoms with Crippen molar-refractivity contribution in [3.05, 3.63) is 53.7 Å². The number of hydrogen-bond acceptors (Lipinski definition) is 3. The van der Waals surface area contributed by atoms with E-state index in [1.54, 1.807) is 11.9 Å². The monoisotopic (exact) mass is 453 g/mol. The van der Waals surface area contributed by atoms with Crippen molar-refractivity contribution >= 4 is 22.9 Å². The first-order valence-electron chi connectivity index (χ1n) is 10.1. The third kappa shape index (κ3) is 5.60. The van der Waals surface area contributed by atoms with Crippen molar-refractivity contribution < 1.29 is 17.6 Å². The summed E-state index contributed by atoms with van der Waals surface area (Å²) >= 11 is 1.58. The van der Waals surface area contributed by atoms with Crippen LogP contribution in [-0.4, -0.2) is 14.8 Å². The summed E-state index contributed by atoms with van der Waals surface area (Å²) in [5.74, 6) is -0.697. The van der Waals surface area contributed by atoms with Crippen LogP contribution in [0.5, 0.6) is 0 Å². The third-order valence-electron chi connectivity index (χ3n) is 4.65. The Labute approximate surface area is 184 Å². The number of aromatic nitrogens is 2. The van der Waals surface area contributed by atoms with Gasteiger partial charge in [-0.15, -0.1) is 0 Å². The highest BCUT2D eigenvalue weighted by Gasteiger charge is 2.36. The molecule has 0 unspecified atom stereocenters. The van der Waals surface area contributed by atoms with E-state index in [2.05, 4.69) is 44.3 Å². The van der Waals surface area contributed by atoms with E-state index in [1.165, 1.54) is 24.3 Å². The van der Waals surface area contributed by atoms with Crippen LogP contribution >= 0.6 is 11.9 Å². The molecule has 0 atom stereocenters. The van der Waals surface area contributed by atoms with E-state index >= 15 is 4.39 Å². The first kappa shape index (κ1) is 23.6. The minimum atomic E-state index is -4.67. The molecule has 0 saturated carbocycles. The average Bonchev–Trinajstić information content (AvgIpc) is 2.95. The maximum Gasteiger partial charge on any atom is 0.433 e. The maximum absolute atomic E-state index is 15.1. The van der Waals surface area contributed by atoms with Crippen molar-refractivity contribution in [2.75, 3.05) is 0 Å². The Bertz CT molecular complexity index is 1070. The third-order valence-corrected chi connectivity index (χ3v) is 5.43. The van der Waals surface area contributed by atoms with Gasteiger partial charge in [0, 0.05) is 52.8 Å². The number of nitrogens with one attached hydrogen (secondary N) is 1. The van der Waals surface area contributed by atoms with Gasteiger partial charge in [0.2, 0.25) is 0 Å². The molecule has 0 aliphatic carbocycles. The summed E-state index contributed by atoms with van der Waals surface area (Å²) in [7, 11) is 0. The largest absolute Gasteiger partial charge is 0.433 e. The number of rotatable bonds is 6. The lowest BCUT2D eigenvalue weighted by Crippen LogP contribution is -2.15. The van der Waals surface area contributed by atoms with Crippen LogP contribution in [-0.2, 0) is 19.3 Å². The van der Waals surface area contributed by atoms with E-state index in [0.717, 1.165) is 11.8 Å². The summed E-state index contributed by atoms with van der Waals surface area (Å²) in [5.41, 5.74) is 0.0980. The second kappa shape index (κ2) is 8.82. The van der Waals surface area contributed by atoms with Crippen molar-refractivity contribution in [1.29, 1.82) is 0 Å². The summed E-state index contributed by atoms with van der Waals surface area (Å²) in [5, 5.41) is 1.08. The van der Waals surface area contributed by atoms with Crippen LogP contribution in [0.15, 0.2) is 36.7 Å². The van der Waals surface area contributed by atoms with Gasteiger partial charge in [0.25, 0.3) is 0 Å². The quantitative estimate of drug-likeness (QED) is 0.320. The Morgan fingerprint density at radius 1 is 1.13 bits per heavy atom. The zero-order valence-corrected chi connectivity index (χ0v) is 19.1. The van der Waals surface area contributed by atoms with Crippen molar-refractivity contribution in [1.82, 2.24) is 14.3 Å². The highest BCUT2D eigenvalue weighted by molar-refractivity contribution is 7.97. The molecular weight excluding hydrogens is 426 g/mol. The second-order valence-electron chi connectivity index (χ2n) is 9.08. The minimum Gasteiger partial charge on any atom is -0.347 e. The van der Waals surface area contributed by atoms with E-state index < -0.39 is 17.7 Å². The SMILES string of the molecule is CC(C)SNCc1cn(CC(C)(C)C)c2cc(-c3cccnc3C(F)(F)F)c(F)cc12. The van der Waals surface area contributed by atoms with Gasteiger partial charge in [0.15, 0.2) is 5.69 Å². The zero-order valence-electron chi connectivity index (χ0n) is 18.3. The number of benzene rings is 1. The number of pyridine rings is 1. The average molecular weight is 454 g/mol. The fourth-order valence-electron chi connectivity index (χ4n) is 3.51. The molecule has 3 aromatic rings. The minimum absolute atomic E-state index is 0.0662. The smallest absolute Gasteiger partial charge is 0.347 e. The number of halogens is 4. The van der Waals surface area contributed by atoms with Crippen LogP contribution in [0.3, 0.4) is 0 Å². The first-order chi connectivity index (χ1) is 14.4. The van der Waals surface area contributed by atoms with Gasteiger partial charge in [-0.05, 0) is 29.2 Å². The van der Waals surface area contributed by atoms with Gasteiger partial charge in [-0.2, -0.15) is 13.2 Å². The standard InChI is InChI=1S/C23H27F4N3S/c1-14(2)31-29-11-15-12-30(13-22(3,4)5)20-10-18(19(24)9-17(15)20)16-7-6-8-28-21(16)23(25,26)27/h6-10,12,14,29H,11,13H2,1-5H3. The fraction of sp³-hybridized carbons (Fsp3) is 0.435. The molecule has 0 spiro atoms. The molecule has 168 valence electrons. The molecule has 0 fully saturated rings. The molecule has 0 aliphatic rings. The molecule has 0 aliphatic heterocycles. The van der Waals surface area contributed by atoms with Crippen molar-refractivity contribution in [2.24, 2.45) is 5.41 Å². The lowest BCUT2D eigenvalue weighted by Gasteiger charge is -2.20. The van der Waals surface area contributed by atoms with Gasteiger partial charge in [-0.25, -0.2) is 4.39 Å². The Kier molecular flexibility index (Phi) is 6.72. The van der Waals surface area contributed by atoms with E-state index in [9.17, 15) is 13.2 Å². The predicted molar refractivity (Wildman–Crippen MR) is 119 cm³/mol. The topological polar surface area (TPSA) is 29.9 Å². The predicted octanol–water partition coefficient (Wildman–Crippen LogP) is 7.05. The van der Waals surface area contributed by atoms with Gasteiger partial charge in [-0.1, -0.05) is 52.6 Å². The molecule has 0 bridgehead atoms. The molecule has 0 amide bonds. The van der Waals surface area contributed by atoms with Crippen LogP contribution in [0.25, 0.3) is 22.0 Å². The molecule has 3 rings (SSSR count). The van der Waals surface area contributed by atoms with Crippen LogP contribution in [0, 0.1) is 11.2 Å². The van der Waals surface area contributed by atoms with Gasteiger partial charge >= 0.3 is 6.18 Å². The Morgan fingerprint density at radius 3 is 2.45 bits per heavy atom. The first-order valence-corrected chi connectivity index (χ1v) is 11.0. The zero-order chi connectivity index (χ0) is 23.0. The van der Waals surface area contributed by atoms with E-state index in [0.29, 0.717) is 29.2 Å². The van der Waals surface area contributed by atoms with Crippen molar-refractivity contribution in [3.8, 4) is 11.1 Å². The molecule has 0 saturated heterocycles. The lowest BCUT2D eigenvalue weighted by atomic mass is 9.96. The van der Waals surface area contributed by atoms with E-state index in [1.807, 2.05) is 10.8 Å². The van der Waals surface area contributed by atoms with E-state index in [-0.39, 0.29) is 16.5 Å². The molecule has 2 aromatic heterocycles. The van der Waals surface area contributed by atoms with Gasteiger partial charge in [-0.3, -0.25) is 9.71 Å². The van der Waals surface area contributed by atoms with Crippen LogP contribution < -0.4 is 4.72 Å². The van der Waals surface area contributed by atoms with Gasteiger partial charge in [0.05, 0.1) is 0 Å². The molecule has 1 aromatic carbocycles. The summed E-state index contributed by atoms with van der Waals surface area (Å²) in [6.07, 6.45) is -1.64. The van der Waals surface area contributed by atoms with Crippen molar-refractivity contribution in [3.63, 3.8) is 0 Å². The molecule has 8 heteroatoms. The molecule has 0 radical (unpaired) electrons. The summed E-state index contributed by atoms with van der Waals surface area (Å²) in [6, 6.07) is 5.51. The Balaban J connectivity index is 2.17. The number of nitrogens with zero attached hydrogens (tertiary/aromatic N) is 2. The number of alkyl halides is 3. The summed E-state index contributed by atoms with van der Waals surface area (Å²) < 4.78 is 60.9. The second-order valence-corrected chi connectivity index (χ2v) is 10.5. The molecular formula is C23H27F4N3S. The molecule has 1 N–H and O–H groups in total. The number of fused-ring (bicyclic) bond motifs is 1. The Morgan fingerprint density at radius 2 is 1.84 bits per heavy atom. The Hall–Kier alpha value is -2.06. The van der Waals surface area contributed by atoms with Crippen LogP contribution in [0.1, 0.15) is 45.9 Å². The lowest BCUT2D eigenvalue weighted by molar-refractivity contribution is -0.140. The van der Waals surface area contributed by atoms with Crippen LogP contribution in [0.4, 0.5) is 17.6 Å². The number of hydrogen-bond donors (Lipinski definition) is 1. The maximum atomic E-state index is 15.1. The highest BCUT2D eigenvalue weighted by atomic mass is 32.2. The van der Waals surface area contributed by atoms with E-state index in [4.69, 9.17) is 0 Å². The summed E-state index contributed by atoms with van der Waals surface area (Å²) in [4.78, 5) is 3.48. The van der Waals surface area contributed by atoms with Crippen LogP contribution in [0.2, 0.25) is 0 Å². The normalized spacial score (nSPS) is 12.8.